The van der Waals surface area contributed by atoms with Gasteiger partial charge in [0.2, 0.25) is 11.8 Å². The first-order chi connectivity index (χ1) is 16.0. The number of amides is 2. The topological polar surface area (TPSA) is 97.6 Å². The van der Waals surface area contributed by atoms with E-state index < -0.39 is 0 Å². The second kappa shape index (κ2) is 9.11. The molecule has 1 aromatic carbocycles. The fraction of sp³-hybridized carbons (Fsp3) is 0.417. The first-order valence-corrected chi connectivity index (χ1v) is 11.6. The Balaban J connectivity index is 1.21. The molecular weight excluding hydrogens is 444 g/mol. The van der Waals surface area contributed by atoms with Crippen molar-refractivity contribution < 1.29 is 18.7 Å². The Bertz CT molecular complexity index is 1170. The first kappa shape index (κ1) is 21.9. The molecule has 2 aromatic heterocycles. The van der Waals surface area contributed by atoms with Crippen LogP contribution in [0, 0.1) is 0 Å². The van der Waals surface area contributed by atoms with Gasteiger partial charge >= 0.3 is 0 Å². The normalized spacial score (nSPS) is 22.5. The average molecular weight is 469 g/mol. The Morgan fingerprint density at radius 2 is 2.06 bits per heavy atom. The molecule has 2 amide bonds. The molecule has 1 unspecified atom stereocenters. The highest BCUT2D eigenvalue weighted by Gasteiger charge is 2.33. The van der Waals surface area contributed by atoms with Crippen LogP contribution in [0.2, 0.25) is 5.02 Å². The van der Waals surface area contributed by atoms with Crippen molar-refractivity contribution in [2.24, 2.45) is 0 Å². The van der Waals surface area contributed by atoms with Crippen molar-refractivity contribution >= 4 is 34.5 Å². The van der Waals surface area contributed by atoms with Gasteiger partial charge in [-0.15, -0.1) is 0 Å². The maximum Gasteiger partial charge on any atom is 0.255 e. The second-order valence-electron chi connectivity index (χ2n) is 8.65. The van der Waals surface area contributed by atoms with Gasteiger partial charge in [0.1, 0.15) is 17.3 Å². The SMILES string of the molecule is CN(C(=O)c1ccc(-c2nc3ccc(Cl)cc3o2)nc1)[C@@H]1CC[C@H](NC(=O)C2CCCO2)C1. The van der Waals surface area contributed by atoms with Crippen LogP contribution in [0.15, 0.2) is 40.9 Å². The number of halogens is 1. The number of fused-ring (bicyclic) bond motifs is 1. The van der Waals surface area contributed by atoms with Gasteiger partial charge in [-0.3, -0.25) is 14.6 Å². The van der Waals surface area contributed by atoms with E-state index in [4.69, 9.17) is 20.8 Å². The third-order valence-corrected chi connectivity index (χ3v) is 6.66. The third-order valence-electron chi connectivity index (χ3n) is 6.42. The van der Waals surface area contributed by atoms with Crippen LogP contribution >= 0.6 is 11.6 Å². The van der Waals surface area contributed by atoms with E-state index in [0.29, 0.717) is 39.9 Å². The monoisotopic (exact) mass is 468 g/mol. The molecule has 33 heavy (non-hydrogen) atoms. The predicted octanol–water partition coefficient (Wildman–Crippen LogP) is 3.83. The quantitative estimate of drug-likeness (QED) is 0.611. The largest absolute Gasteiger partial charge is 0.435 e. The van der Waals surface area contributed by atoms with Crippen LogP contribution in [-0.2, 0) is 9.53 Å². The van der Waals surface area contributed by atoms with E-state index in [0.717, 1.165) is 32.1 Å². The lowest BCUT2D eigenvalue weighted by Gasteiger charge is -2.25. The van der Waals surface area contributed by atoms with Gasteiger partial charge in [0, 0.05) is 43.0 Å². The summed E-state index contributed by atoms with van der Waals surface area (Å²) in [5, 5.41) is 3.66. The fourth-order valence-corrected chi connectivity index (χ4v) is 4.71. The lowest BCUT2D eigenvalue weighted by molar-refractivity contribution is -0.130. The van der Waals surface area contributed by atoms with Crippen LogP contribution in [0.4, 0.5) is 0 Å². The van der Waals surface area contributed by atoms with Crippen LogP contribution in [0.25, 0.3) is 22.7 Å². The van der Waals surface area contributed by atoms with Crippen molar-refractivity contribution in [2.45, 2.75) is 50.3 Å². The summed E-state index contributed by atoms with van der Waals surface area (Å²) < 4.78 is 11.2. The van der Waals surface area contributed by atoms with Gasteiger partial charge in [-0.2, -0.15) is 0 Å². The highest BCUT2D eigenvalue weighted by molar-refractivity contribution is 6.31. The molecule has 1 saturated heterocycles. The summed E-state index contributed by atoms with van der Waals surface area (Å²) >= 11 is 6.00. The zero-order valence-corrected chi connectivity index (χ0v) is 19.0. The standard InChI is InChI=1S/C24H25ClN4O4/c1-29(17-7-6-16(12-17)27-22(30)20-3-2-10-32-20)24(31)14-4-8-19(26-13-14)23-28-18-9-5-15(25)11-21(18)33-23/h4-5,8-9,11,13,16-17,20H,2-3,6-7,10,12H2,1H3,(H,27,30)/t16-,17+,20?/m0/s1. The number of carbonyl (C=O) groups excluding carboxylic acids is 2. The molecule has 1 saturated carbocycles. The number of benzene rings is 1. The first-order valence-electron chi connectivity index (χ1n) is 11.2. The van der Waals surface area contributed by atoms with Gasteiger partial charge < -0.3 is 19.4 Å². The Kier molecular flexibility index (Phi) is 6.03. The zero-order valence-electron chi connectivity index (χ0n) is 18.3. The molecule has 0 radical (unpaired) electrons. The van der Waals surface area contributed by atoms with Crippen LogP contribution in [-0.4, -0.2) is 58.5 Å². The molecule has 172 valence electrons. The molecule has 0 spiro atoms. The van der Waals surface area contributed by atoms with Crippen LogP contribution < -0.4 is 5.32 Å². The van der Waals surface area contributed by atoms with Gasteiger partial charge in [0.05, 0.1) is 5.56 Å². The van der Waals surface area contributed by atoms with Gasteiger partial charge in [0.15, 0.2) is 5.58 Å². The van der Waals surface area contributed by atoms with Gasteiger partial charge in [-0.25, -0.2) is 4.98 Å². The Morgan fingerprint density at radius 1 is 1.18 bits per heavy atom. The van der Waals surface area contributed by atoms with Gasteiger partial charge in [-0.1, -0.05) is 11.6 Å². The number of oxazole rings is 1. The number of ether oxygens (including phenoxy) is 1. The molecule has 1 N–H and O–H groups in total. The van der Waals surface area contributed by atoms with Crippen LogP contribution in [0.5, 0.6) is 0 Å². The number of rotatable bonds is 5. The molecule has 9 heteroatoms. The Morgan fingerprint density at radius 3 is 2.82 bits per heavy atom. The van der Waals surface area contributed by atoms with Crippen molar-refractivity contribution in [1.29, 1.82) is 0 Å². The van der Waals surface area contributed by atoms with Crippen LogP contribution in [0.3, 0.4) is 0 Å². The van der Waals surface area contributed by atoms with E-state index in [1.807, 2.05) is 0 Å². The molecule has 5 rings (SSSR count). The number of hydrogen-bond acceptors (Lipinski definition) is 6. The van der Waals surface area contributed by atoms with Crippen molar-refractivity contribution in [3.63, 3.8) is 0 Å². The van der Waals surface area contributed by atoms with Crippen molar-refractivity contribution in [3.05, 3.63) is 47.1 Å². The molecule has 8 nitrogen and oxygen atoms in total. The summed E-state index contributed by atoms with van der Waals surface area (Å²) in [7, 11) is 1.80. The summed E-state index contributed by atoms with van der Waals surface area (Å²) in [4.78, 5) is 35.9. The average Bonchev–Trinajstić information content (AvgIpc) is 3.58. The zero-order chi connectivity index (χ0) is 22.9. The lowest BCUT2D eigenvalue weighted by Crippen LogP contribution is -2.41. The highest BCUT2D eigenvalue weighted by Crippen LogP contribution is 2.27. The molecule has 1 aliphatic carbocycles. The van der Waals surface area contributed by atoms with Gasteiger partial charge in [-0.05, 0) is 56.4 Å². The summed E-state index contributed by atoms with van der Waals surface area (Å²) in [6, 6.07) is 8.83. The van der Waals surface area contributed by atoms with Crippen LogP contribution in [0.1, 0.15) is 42.5 Å². The molecule has 3 heterocycles. The highest BCUT2D eigenvalue weighted by atomic mass is 35.5. The van der Waals surface area contributed by atoms with E-state index in [1.54, 1.807) is 48.5 Å². The number of hydrogen-bond donors (Lipinski definition) is 1. The predicted molar refractivity (Wildman–Crippen MR) is 123 cm³/mol. The molecule has 1 aliphatic heterocycles. The maximum atomic E-state index is 13.0. The minimum absolute atomic E-state index is 0.0339. The Hall–Kier alpha value is -2.97. The number of carbonyl (C=O) groups is 2. The van der Waals surface area contributed by atoms with E-state index >= 15 is 0 Å². The molecule has 3 atom stereocenters. The van der Waals surface area contributed by atoms with E-state index in [1.165, 1.54) is 0 Å². The minimum atomic E-state index is -0.328. The summed E-state index contributed by atoms with van der Waals surface area (Å²) in [5.74, 6) is 0.239. The molecular formula is C24H25ClN4O4. The molecule has 2 fully saturated rings. The van der Waals surface area contributed by atoms with E-state index in [-0.39, 0.29) is 30.0 Å². The van der Waals surface area contributed by atoms with Crippen molar-refractivity contribution in [2.75, 3.05) is 13.7 Å². The summed E-state index contributed by atoms with van der Waals surface area (Å²) in [6.07, 6.45) is 5.34. The molecule has 0 bridgehead atoms. The molecule has 2 aliphatic rings. The second-order valence-corrected chi connectivity index (χ2v) is 9.09. The lowest BCUT2D eigenvalue weighted by atomic mass is 10.1. The maximum absolute atomic E-state index is 13.0. The number of nitrogens with one attached hydrogen (secondary N) is 1. The van der Waals surface area contributed by atoms with Crippen molar-refractivity contribution in [3.8, 4) is 11.6 Å². The number of aromatic nitrogens is 2. The Labute approximate surface area is 196 Å². The molecule has 3 aromatic rings. The van der Waals surface area contributed by atoms with Gasteiger partial charge in [0.25, 0.3) is 5.91 Å². The third kappa shape index (κ3) is 4.58. The summed E-state index contributed by atoms with van der Waals surface area (Å²) in [6.45, 7) is 0.649. The van der Waals surface area contributed by atoms with E-state index in [2.05, 4.69) is 15.3 Å². The van der Waals surface area contributed by atoms with Crippen molar-refractivity contribution in [1.82, 2.24) is 20.2 Å². The smallest absolute Gasteiger partial charge is 0.255 e. The number of nitrogens with zero attached hydrogens (tertiary/aromatic N) is 3. The fourth-order valence-electron chi connectivity index (χ4n) is 4.54. The minimum Gasteiger partial charge on any atom is -0.435 e. The number of pyridine rings is 1. The van der Waals surface area contributed by atoms with E-state index in [9.17, 15) is 9.59 Å². The summed E-state index contributed by atoms with van der Waals surface area (Å²) in [5.41, 5.74) is 2.31.